The summed E-state index contributed by atoms with van der Waals surface area (Å²) in [7, 11) is 0. The first-order valence-corrected chi connectivity index (χ1v) is 5.84. The number of primary amides is 1. The molecule has 0 aliphatic heterocycles. The largest absolute Gasteiger partial charge is 0.481 e. The van der Waals surface area contributed by atoms with Gasteiger partial charge in [-0.15, -0.1) is 0 Å². The van der Waals surface area contributed by atoms with Crippen LogP contribution < -0.4 is 15.8 Å². The van der Waals surface area contributed by atoms with Crippen LogP contribution in [-0.4, -0.2) is 23.8 Å². The minimum atomic E-state index is -0.927. The van der Waals surface area contributed by atoms with Crippen molar-refractivity contribution in [3.8, 4) is 5.75 Å². The number of hydrogen-bond donors (Lipinski definition) is 2. The molecule has 0 aliphatic carbocycles. The van der Waals surface area contributed by atoms with Crippen molar-refractivity contribution in [1.29, 1.82) is 0 Å². The second kappa shape index (κ2) is 6.53. The number of hydrogen-bond acceptors (Lipinski definition) is 4. The van der Waals surface area contributed by atoms with Crippen molar-refractivity contribution in [2.45, 2.75) is 26.4 Å². The van der Waals surface area contributed by atoms with Gasteiger partial charge in [0.25, 0.3) is 5.91 Å². The minimum absolute atomic E-state index is 0.0334. The van der Waals surface area contributed by atoms with E-state index in [1.54, 1.807) is 31.2 Å². The van der Waals surface area contributed by atoms with E-state index >= 15 is 0 Å². The van der Waals surface area contributed by atoms with Crippen molar-refractivity contribution in [3.63, 3.8) is 0 Å². The van der Waals surface area contributed by atoms with E-state index in [1.165, 1.54) is 6.92 Å². The zero-order chi connectivity index (χ0) is 14.4. The summed E-state index contributed by atoms with van der Waals surface area (Å²) in [5.41, 5.74) is 5.42. The number of Topliss-reactive ketones (excluding diaryl/α,β-unsaturated/α-hetero) is 1. The van der Waals surface area contributed by atoms with Gasteiger partial charge >= 0.3 is 6.03 Å². The molecule has 102 valence electrons. The first-order valence-electron chi connectivity index (χ1n) is 5.84. The molecular weight excluding hydrogens is 248 g/mol. The maximum Gasteiger partial charge on any atom is 0.318 e. The Bertz CT molecular complexity index is 482. The van der Waals surface area contributed by atoms with Crippen LogP contribution in [0.15, 0.2) is 24.3 Å². The van der Waals surface area contributed by atoms with Gasteiger partial charge in [0.2, 0.25) is 0 Å². The quantitative estimate of drug-likeness (QED) is 0.781. The highest BCUT2D eigenvalue weighted by Gasteiger charge is 2.16. The van der Waals surface area contributed by atoms with Crippen molar-refractivity contribution in [3.05, 3.63) is 29.8 Å². The predicted molar refractivity (Wildman–Crippen MR) is 68.9 cm³/mol. The average Bonchev–Trinajstić information content (AvgIpc) is 2.37. The van der Waals surface area contributed by atoms with Gasteiger partial charge in [0.1, 0.15) is 5.75 Å². The molecule has 1 aromatic carbocycles. The van der Waals surface area contributed by atoms with E-state index in [1.807, 2.05) is 5.32 Å². The highest BCUT2D eigenvalue weighted by atomic mass is 16.5. The Hall–Kier alpha value is -2.37. The lowest BCUT2D eigenvalue weighted by Gasteiger charge is -2.13. The number of nitrogens with one attached hydrogen (secondary N) is 1. The van der Waals surface area contributed by atoms with Gasteiger partial charge in [0.15, 0.2) is 11.9 Å². The smallest absolute Gasteiger partial charge is 0.318 e. The highest BCUT2D eigenvalue weighted by molar-refractivity contribution is 5.96. The van der Waals surface area contributed by atoms with Crippen molar-refractivity contribution in [2.75, 3.05) is 0 Å². The van der Waals surface area contributed by atoms with Gasteiger partial charge < -0.3 is 10.5 Å². The van der Waals surface area contributed by atoms with Crippen LogP contribution in [0, 0.1) is 0 Å². The normalized spacial score (nSPS) is 11.5. The van der Waals surface area contributed by atoms with E-state index in [0.29, 0.717) is 17.7 Å². The van der Waals surface area contributed by atoms with Crippen LogP contribution in [0.3, 0.4) is 0 Å². The molecule has 1 atom stereocenters. The van der Waals surface area contributed by atoms with Crippen molar-refractivity contribution in [1.82, 2.24) is 5.32 Å². The molecule has 0 spiro atoms. The number of ketones is 1. The summed E-state index contributed by atoms with van der Waals surface area (Å²) in [5, 5.41) is 1.92. The fraction of sp³-hybridized carbons (Fsp3) is 0.308. The van der Waals surface area contributed by atoms with Gasteiger partial charge in [0, 0.05) is 12.0 Å². The van der Waals surface area contributed by atoms with Crippen LogP contribution in [-0.2, 0) is 4.79 Å². The summed E-state index contributed by atoms with van der Waals surface area (Å²) >= 11 is 0. The molecule has 3 amide bonds. The van der Waals surface area contributed by atoms with E-state index in [0.717, 1.165) is 0 Å². The molecule has 3 N–H and O–H groups in total. The number of ether oxygens (including phenoxy) is 1. The molecule has 1 rings (SSSR count). The van der Waals surface area contributed by atoms with Gasteiger partial charge in [-0.05, 0) is 31.2 Å². The minimum Gasteiger partial charge on any atom is -0.481 e. The van der Waals surface area contributed by atoms with E-state index in [-0.39, 0.29) is 5.78 Å². The second-order valence-electron chi connectivity index (χ2n) is 3.91. The van der Waals surface area contributed by atoms with E-state index in [4.69, 9.17) is 10.5 Å². The maximum absolute atomic E-state index is 11.4. The zero-order valence-corrected chi connectivity index (χ0v) is 10.8. The fourth-order valence-corrected chi connectivity index (χ4v) is 1.40. The third-order valence-electron chi connectivity index (χ3n) is 2.43. The van der Waals surface area contributed by atoms with Crippen molar-refractivity contribution < 1.29 is 19.1 Å². The summed E-state index contributed by atoms with van der Waals surface area (Å²) in [6, 6.07) is 5.51. The van der Waals surface area contributed by atoms with Gasteiger partial charge in [-0.25, -0.2) is 4.79 Å². The Morgan fingerprint density at radius 3 is 2.32 bits per heavy atom. The van der Waals surface area contributed by atoms with Crippen LogP contribution in [0.4, 0.5) is 4.79 Å². The van der Waals surface area contributed by atoms with Crippen LogP contribution in [0.25, 0.3) is 0 Å². The highest BCUT2D eigenvalue weighted by Crippen LogP contribution is 2.15. The van der Waals surface area contributed by atoms with Crippen LogP contribution in [0.5, 0.6) is 5.75 Å². The molecule has 0 heterocycles. The molecule has 0 radical (unpaired) electrons. The van der Waals surface area contributed by atoms with Crippen molar-refractivity contribution >= 4 is 17.7 Å². The monoisotopic (exact) mass is 264 g/mol. The molecule has 6 heteroatoms. The number of imide groups is 1. The fourth-order valence-electron chi connectivity index (χ4n) is 1.40. The number of benzene rings is 1. The number of nitrogens with two attached hydrogens (primary N) is 1. The third-order valence-corrected chi connectivity index (χ3v) is 2.43. The van der Waals surface area contributed by atoms with E-state index < -0.39 is 18.0 Å². The number of amides is 3. The number of carbonyl (C=O) groups is 3. The van der Waals surface area contributed by atoms with Gasteiger partial charge in [-0.3, -0.25) is 14.9 Å². The predicted octanol–water partition coefficient (Wildman–Crippen LogP) is 1.24. The SMILES string of the molecule is CCC(=O)c1ccc(O[C@@H](C)C(=O)NC(N)=O)cc1. The molecule has 0 saturated carbocycles. The first kappa shape index (κ1) is 14.7. The van der Waals surface area contributed by atoms with E-state index in [2.05, 4.69) is 0 Å². The Morgan fingerprint density at radius 2 is 1.84 bits per heavy atom. The summed E-state index contributed by atoms with van der Waals surface area (Å²) in [5.74, 6) is -0.160. The molecule has 0 bridgehead atoms. The lowest BCUT2D eigenvalue weighted by Crippen LogP contribution is -2.42. The third kappa shape index (κ3) is 4.42. The number of rotatable bonds is 5. The molecule has 0 unspecified atom stereocenters. The Balaban J connectivity index is 2.65. The lowest BCUT2D eigenvalue weighted by atomic mass is 10.1. The molecule has 0 aromatic heterocycles. The first-order chi connectivity index (χ1) is 8.93. The summed E-state index contributed by atoms with van der Waals surface area (Å²) in [4.78, 5) is 33.3. The number of urea groups is 1. The molecule has 0 aliphatic rings. The molecule has 0 fully saturated rings. The molecule has 19 heavy (non-hydrogen) atoms. The van der Waals surface area contributed by atoms with Gasteiger partial charge in [0.05, 0.1) is 0 Å². The maximum atomic E-state index is 11.4. The topological polar surface area (TPSA) is 98.5 Å². The average molecular weight is 264 g/mol. The second-order valence-corrected chi connectivity index (χ2v) is 3.91. The van der Waals surface area contributed by atoms with Gasteiger partial charge in [-0.2, -0.15) is 0 Å². The molecule has 1 aromatic rings. The van der Waals surface area contributed by atoms with Crippen molar-refractivity contribution in [2.24, 2.45) is 5.73 Å². The summed E-state index contributed by atoms with van der Waals surface area (Å²) in [6.07, 6.45) is -0.433. The summed E-state index contributed by atoms with van der Waals surface area (Å²) in [6.45, 7) is 3.27. The van der Waals surface area contributed by atoms with Crippen LogP contribution >= 0.6 is 0 Å². The molecule has 6 nitrogen and oxygen atoms in total. The number of carbonyl (C=O) groups excluding carboxylic acids is 3. The van der Waals surface area contributed by atoms with Crippen LogP contribution in [0.1, 0.15) is 30.6 Å². The molecular formula is C13H16N2O4. The Labute approximate surface area is 110 Å². The molecule has 0 saturated heterocycles. The summed E-state index contributed by atoms with van der Waals surface area (Å²) < 4.78 is 5.31. The Kier molecular flexibility index (Phi) is 5.05. The zero-order valence-electron chi connectivity index (χ0n) is 10.8. The standard InChI is InChI=1S/C13H16N2O4/c1-3-11(16)9-4-6-10(7-5-9)19-8(2)12(17)15-13(14)18/h4-8H,3H2,1-2H3,(H3,14,15,17,18)/t8-/m0/s1. The Morgan fingerprint density at radius 1 is 1.26 bits per heavy atom. The van der Waals surface area contributed by atoms with Gasteiger partial charge in [-0.1, -0.05) is 6.92 Å². The van der Waals surface area contributed by atoms with Crippen LogP contribution in [0.2, 0.25) is 0 Å². The van der Waals surface area contributed by atoms with E-state index in [9.17, 15) is 14.4 Å². The lowest BCUT2D eigenvalue weighted by molar-refractivity contribution is -0.126.